The molecule has 0 amide bonds. The van der Waals surface area contributed by atoms with Gasteiger partial charge in [-0.15, -0.1) is 0 Å². The number of anilines is 1. The van der Waals surface area contributed by atoms with E-state index >= 15 is 0 Å². The maximum absolute atomic E-state index is 11.3. The summed E-state index contributed by atoms with van der Waals surface area (Å²) in [6.07, 6.45) is 1.55. The van der Waals surface area contributed by atoms with Crippen LogP contribution in [0.2, 0.25) is 10.0 Å². The Hall–Kier alpha value is -1.43. The minimum Gasteiger partial charge on any atom is -0.294 e. The third-order valence-electron chi connectivity index (χ3n) is 2.46. The number of hydrazone groups is 1. The van der Waals surface area contributed by atoms with Crippen molar-refractivity contribution in [1.29, 1.82) is 0 Å². The van der Waals surface area contributed by atoms with E-state index < -0.39 is 0 Å². The van der Waals surface area contributed by atoms with Crippen LogP contribution in [-0.2, 0) is 0 Å². The molecular weight excluding hydrogens is 317 g/mol. The van der Waals surface area contributed by atoms with Gasteiger partial charge in [0, 0.05) is 12.5 Å². The number of nitrogens with one attached hydrogen (secondary N) is 1. The maximum atomic E-state index is 11.3. The average Bonchev–Trinajstić information content (AvgIpc) is 2.76. The van der Waals surface area contributed by atoms with Crippen LogP contribution in [0.5, 0.6) is 0 Å². The average molecular weight is 328 g/mol. The molecule has 0 fully saturated rings. The zero-order valence-corrected chi connectivity index (χ0v) is 13.1. The predicted octanol–water partition coefficient (Wildman–Crippen LogP) is 4.41. The van der Waals surface area contributed by atoms with Crippen molar-refractivity contribution in [3.8, 4) is 0 Å². The number of benzene rings is 1. The molecule has 0 saturated heterocycles. The molecule has 1 heterocycles. The van der Waals surface area contributed by atoms with Crippen LogP contribution < -0.4 is 5.43 Å². The number of rotatable bonds is 4. The Morgan fingerprint density at radius 1 is 1.45 bits per heavy atom. The van der Waals surface area contributed by atoms with E-state index in [1.54, 1.807) is 31.3 Å². The summed E-state index contributed by atoms with van der Waals surface area (Å²) >= 11 is 13.2. The summed E-state index contributed by atoms with van der Waals surface area (Å²) in [5.41, 5.74) is 4.17. The molecule has 7 heteroatoms. The number of thiazole rings is 1. The standard InChI is InChI=1S/C13H11Cl2N3OS/c1-7-12(8(2)19)20-13(17-7)18-16-6-9-4-3-5-10(14)11(9)15/h3-6H,1-2H3,(H,17,18)/b16-6-. The zero-order chi connectivity index (χ0) is 14.7. The first-order valence-corrected chi connectivity index (χ1v) is 7.27. The van der Waals surface area contributed by atoms with Gasteiger partial charge in [0.15, 0.2) is 5.78 Å². The van der Waals surface area contributed by atoms with E-state index in [-0.39, 0.29) is 5.78 Å². The largest absolute Gasteiger partial charge is 0.294 e. The lowest BCUT2D eigenvalue weighted by Crippen LogP contribution is -1.91. The van der Waals surface area contributed by atoms with Gasteiger partial charge in [-0.05, 0) is 13.0 Å². The van der Waals surface area contributed by atoms with E-state index in [1.807, 2.05) is 0 Å². The molecule has 1 aromatic carbocycles. The number of carbonyl (C=O) groups excluding carboxylic acids is 1. The lowest BCUT2D eigenvalue weighted by atomic mass is 10.2. The van der Waals surface area contributed by atoms with Crippen molar-refractivity contribution in [3.63, 3.8) is 0 Å². The highest BCUT2D eigenvalue weighted by Gasteiger charge is 2.10. The molecule has 0 aliphatic rings. The molecule has 0 saturated carbocycles. The fourth-order valence-electron chi connectivity index (χ4n) is 1.55. The Balaban J connectivity index is 2.12. The molecule has 0 spiro atoms. The second-order valence-corrected chi connectivity index (χ2v) is 5.79. The molecule has 0 bridgehead atoms. The van der Waals surface area contributed by atoms with E-state index in [1.165, 1.54) is 18.3 Å². The molecule has 2 rings (SSSR count). The van der Waals surface area contributed by atoms with Gasteiger partial charge in [0.2, 0.25) is 5.13 Å². The second kappa shape index (κ2) is 6.35. The number of aryl methyl sites for hydroxylation is 1. The van der Waals surface area contributed by atoms with Crippen molar-refractivity contribution in [3.05, 3.63) is 44.4 Å². The van der Waals surface area contributed by atoms with Gasteiger partial charge in [-0.1, -0.05) is 46.7 Å². The quantitative estimate of drug-likeness (QED) is 0.514. The SMILES string of the molecule is CC(=O)c1sc(N/N=C\c2cccc(Cl)c2Cl)nc1C. The van der Waals surface area contributed by atoms with Gasteiger partial charge in [-0.2, -0.15) is 5.10 Å². The van der Waals surface area contributed by atoms with Crippen LogP contribution >= 0.6 is 34.5 Å². The Kier molecular flexibility index (Phi) is 4.75. The van der Waals surface area contributed by atoms with Gasteiger partial charge in [0.1, 0.15) is 0 Å². The topological polar surface area (TPSA) is 54.4 Å². The summed E-state index contributed by atoms with van der Waals surface area (Å²) in [5.74, 6) is -0.00471. The highest BCUT2D eigenvalue weighted by molar-refractivity contribution is 7.17. The minimum absolute atomic E-state index is 0.00471. The number of aromatic nitrogens is 1. The Bertz CT molecular complexity index is 682. The Morgan fingerprint density at radius 3 is 2.85 bits per heavy atom. The minimum atomic E-state index is -0.00471. The molecular formula is C13H11Cl2N3OS. The van der Waals surface area contributed by atoms with Gasteiger partial charge in [-0.25, -0.2) is 4.98 Å². The highest BCUT2D eigenvalue weighted by Crippen LogP contribution is 2.25. The molecule has 2 aromatic rings. The predicted molar refractivity (Wildman–Crippen MR) is 84.5 cm³/mol. The van der Waals surface area contributed by atoms with Crippen molar-refractivity contribution >= 4 is 51.7 Å². The lowest BCUT2D eigenvalue weighted by molar-refractivity contribution is 0.102. The monoisotopic (exact) mass is 327 g/mol. The first kappa shape index (κ1) is 15.0. The molecule has 0 unspecified atom stereocenters. The molecule has 0 radical (unpaired) electrons. The maximum Gasteiger partial charge on any atom is 0.204 e. The van der Waals surface area contributed by atoms with E-state index in [4.69, 9.17) is 23.2 Å². The Labute approximate surface area is 130 Å². The molecule has 0 aliphatic heterocycles. The molecule has 4 nitrogen and oxygen atoms in total. The number of halogens is 2. The molecule has 20 heavy (non-hydrogen) atoms. The molecule has 1 N–H and O–H groups in total. The third kappa shape index (κ3) is 3.36. The lowest BCUT2D eigenvalue weighted by Gasteiger charge is -1.99. The first-order valence-electron chi connectivity index (χ1n) is 5.70. The van der Waals surface area contributed by atoms with Crippen molar-refractivity contribution in [2.75, 3.05) is 5.43 Å². The van der Waals surface area contributed by atoms with Crippen LogP contribution in [0.15, 0.2) is 23.3 Å². The van der Waals surface area contributed by atoms with E-state index in [9.17, 15) is 4.79 Å². The fourth-order valence-corrected chi connectivity index (χ4v) is 2.72. The first-order chi connectivity index (χ1) is 9.49. The molecule has 104 valence electrons. The van der Waals surface area contributed by atoms with Crippen LogP contribution in [0.4, 0.5) is 5.13 Å². The third-order valence-corrected chi connectivity index (χ3v) is 4.46. The number of Topliss-reactive ketones (excluding diaryl/α,β-unsaturated/α-hetero) is 1. The smallest absolute Gasteiger partial charge is 0.204 e. The van der Waals surface area contributed by atoms with Crippen LogP contribution in [0, 0.1) is 6.92 Å². The number of nitrogens with zero attached hydrogens (tertiary/aromatic N) is 2. The number of hydrogen-bond donors (Lipinski definition) is 1. The van der Waals surface area contributed by atoms with Gasteiger partial charge in [0.05, 0.1) is 26.8 Å². The van der Waals surface area contributed by atoms with Crippen LogP contribution in [0.3, 0.4) is 0 Å². The summed E-state index contributed by atoms with van der Waals surface area (Å²) in [6, 6.07) is 5.29. The number of ketones is 1. The van der Waals surface area contributed by atoms with Crippen LogP contribution in [-0.4, -0.2) is 17.0 Å². The van der Waals surface area contributed by atoms with Crippen molar-refractivity contribution in [2.45, 2.75) is 13.8 Å². The number of hydrogen-bond acceptors (Lipinski definition) is 5. The van der Waals surface area contributed by atoms with Gasteiger partial charge < -0.3 is 0 Å². The normalized spacial score (nSPS) is 11.0. The summed E-state index contributed by atoms with van der Waals surface area (Å²) in [4.78, 5) is 16.2. The van der Waals surface area contributed by atoms with Crippen molar-refractivity contribution in [2.24, 2.45) is 5.10 Å². The highest BCUT2D eigenvalue weighted by atomic mass is 35.5. The summed E-state index contributed by atoms with van der Waals surface area (Å²) in [5, 5.41) is 5.52. The zero-order valence-electron chi connectivity index (χ0n) is 10.8. The van der Waals surface area contributed by atoms with Crippen LogP contribution in [0.25, 0.3) is 0 Å². The summed E-state index contributed by atoms with van der Waals surface area (Å²) in [6.45, 7) is 3.30. The Morgan fingerprint density at radius 2 is 2.20 bits per heavy atom. The summed E-state index contributed by atoms with van der Waals surface area (Å²) in [7, 11) is 0. The molecule has 1 aromatic heterocycles. The molecule has 0 atom stereocenters. The summed E-state index contributed by atoms with van der Waals surface area (Å²) < 4.78 is 0. The van der Waals surface area contributed by atoms with Gasteiger partial charge in [0.25, 0.3) is 0 Å². The van der Waals surface area contributed by atoms with E-state index in [2.05, 4.69) is 15.5 Å². The van der Waals surface area contributed by atoms with Gasteiger partial charge in [-0.3, -0.25) is 10.2 Å². The van der Waals surface area contributed by atoms with E-state index in [0.717, 1.165) is 0 Å². The van der Waals surface area contributed by atoms with Crippen molar-refractivity contribution in [1.82, 2.24) is 4.98 Å². The fraction of sp³-hybridized carbons (Fsp3) is 0.154. The van der Waals surface area contributed by atoms with Crippen molar-refractivity contribution < 1.29 is 4.79 Å². The van der Waals surface area contributed by atoms with E-state index in [0.29, 0.717) is 31.3 Å². The second-order valence-electron chi connectivity index (χ2n) is 4.00. The number of carbonyl (C=O) groups is 1. The molecule has 0 aliphatic carbocycles. The van der Waals surface area contributed by atoms with Gasteiger partial charge >= 0.3 is 0 Å². The van der Waals surface area contributed by atoms with Crippen LogP contribution in [0.1, 0.15) is 27.9 Å².